The average Bonchev–Trinajstić information content (AvgIpc) is 3.15. The second kappa shape index (κ2) is 8.71. The van der Waals surface area contributed by atoms with Gasteiger partial charge in [0.2, 0.25) is 0 Å². The molecule has 0 saturated carbocycles. The van der Waals surface area contributed by atoms with E-state index in [4.69, 9.17) is 4.74 Å². The molecule has 1 atom stereocenters. The van der Waals surface area contributed by atoms with E-state index in [1.165, 1.54) is 11.8 Å². The van der Waals surface area contributed by atoms with Crippen LogP contribution in [0.4, 0.5) is 0 Å². The van der Waals surface area contributed by atoms with Gasteiger partial charge in [0, 0.05) is 13.0 Å². The van der Waals surface area contributed by atoms with Gasteiger partial charge in [0.05, 0.1) is 23.3 Å². The summed E-state index contributed by atoms with van der Waals surface area (Å²) in [5.41, 5.74) is 1.71. The highest BCUT2D eigenvalue weighted by atomic mass is 32.2. The third-order valence-corrected chi connectivity index (χ3v) is 6.02. The largest absolute Gasteiger partial charge is 0.497 e. The summed E-state index contributed by atoms with van der Waals surface area (Å²) in [6.07, 6.45) is 0.685. The van der Waals surface area contributed by atoms with E-state index in [9.17, 15) is 4.79 Å². The minimum atomic E-state index is -0.125. The van der Waals surface area contributed by atoms with Crippen LogP contribution in [0.25, 0.3) is 10.9 Å². The highest BCUT2D eigenvalue weighted by Gasteiger charge is 2.18. The second-order valence-electron chi connectivity index (χ2n) is 6.90. The smallest absolute Gasteiger partial charge is 0.258 e. The van der Waals surface area contributed by atoms with E-state index >= 15 is 0 Å². The van der Waals surface area contributed by atoms with Crippen LogP contribution in [0.15, 0.2) is 58.5 Å². The molecule has 4 aromatic rings. The van der Waals surface area contributed by atoms with E-state index in [1.807, 2.05) is 49.4 Å². The molecule has 1 unspecified atom stereocenters. The number of aromatic amines is 1. The van der Waals surface area contributed by atoms with Gasteiger partial charge in [-0.05, 0) is 43.7 Å². The van der Waals surface area contributed by atoms with E-state index in [0.29, 0.717) is 23.1 Å². The Bertz CT molecular complexity index is 1220. The van der Waals surface area contributed by atoms with Crippen LogP contribution in [-0.2, 0) is 13.0 Å². The first kappa shape index (κ1) is 20.2. The summed E-state index contributed by atoms with van der Waals surface area (Å²) in [7, 11) is 1.66. The normalized spacial score (nSPS) is 12.2. The first-order valence-electron chi connectivity index (χ1n) is 9.79. The molecule has 0 spiro atoms. The number of nitrogens with one attached hydrogen (secondary N) is 1. The number of ether oxygens (including phenoxy) is 1. The molecule has 2 aromatic heterocycles. The van der Waals surface area contributed by atoms with E-state index in [-0.39, 0.29) is 10.8 Å². The molecule has 0 aliphatic rings. The molecular weight excluding hydrogens is 398 g/mol. The number of H-pyrrole nitrogens is 1. The molecule has 7 nitrogen and oxygen atoms in total. The zero-order chi connectivity index (χ0) is 21.1. The van der Waals surface area contributed by atoms with Crippen LogP contribution < -0.4 is 10.3 Å². The van der Waals surface area contributed by atoms with Gasteiger partial charge >= 0.3 is 0 Å². The van der Waals surface area contributed by atoms with Crippen molar-refractivity contribution in [2.45, 2.75) is 37.2 Å². The number of nitrogens with zero attached hydrogens (tertiary/aromatic N) is 4. The number of benzene rings is 2. The lowest BCUT2D eigenvalue weighted by Crippen LogP contribution is -2.13. The van der Waals surface area contributed by atoms with E-state index < -0.39 is 0 Å². The van der Waals surface area contributed by atoms with Crippen LogP contribution in [0, 0.1) is 0 Å². The molecule has 2 aromatic carbocycles. The maximum atomic E-state index is 12.4. The predicted molar refractivity (Wildman–Crippen MR) is 118 cm³/mol. The average molecular weight is 422 g/mol. The minimum Gasteiger partial charge on any atom is -0.497 e. The fraction of sp³-hybridized carbons (Fsp3) is 0.273. The molecule has 0 radical (unpaired) electrons. The highest BCUT2D eigenvalue weighted by Crippen LogP contribution is 2.32. The molecule has 1 N–H and O–H groups in total. The van der Waals surface area contributed by atoms with Crippen LogP contribution in [0.2, 0.25) is 0 Å². The Hall–Kier alpha value is -3.13. The molecule has 4 rings (SSSR count). The third kappa shape index (κ3) is 4.09. The fourth-order valence-electron chi connectivity index (χ4n) is 3.29. The lowest BCUT2D eigenvalue weighted by atomic mass is 10.1. The number of para-hydroxylation sites is 1. The fourth-order valence-corrected chi connectivity index (χ4v) is 4.28. The molecule has 154 valence electrons. The number of thioether (sulfide) groups is 1. The van der Waals surface area contributed by atoms with Gasteiger partial charge in [-0.15, -0.1) is 10.2 Å². The Morgan fingerprint density at radius 1 is 1.13 bits per heavy atom. The molecule has 0 amide bonds. The van der Waals surface area contributed by atoms with Gasteiger partial charge in [-0.2, -0.15) is 0 Å². The van der Waals surface area contributed by atoms with Gasteiger partial charge in [0.15, 0.2) is 5.16 Å². The number of hydrogen-bond donors (Lipinski definition) is 1. The van der Waals surface area contributed by atoms with Crippen molar-refractivity contribution in [2.24, 2.45) is 0 Å². The standard InChI is InChI=1S/C22H23N5O2S/c1-4-27-19(13-15-9-11-16(29-3)12-10-15)25-26-22(27)30-14(2)20-23-18-8-6-5-7-17(18)21(28)24-20/h5-12,14H,4,13H2,1-3H3,(H,23,24,28). The molecule has 0 aliphatic carbocycles. The van der Waals surface area contributed by atoms with Crippen molar-refractivity contribution in [3.63, 3.8) is 0 Å². The molecular formula is C22H23N5O2S. The van der Waals surface area contributed by atoms with Crippen LogP contribution in [0.5, 0.6) is 5.75 Å². The van der Waals surface area contributed by atoms with Crippen molar-refractivity contribution < 1.29 is 4.74 Å². The number of aromatic nitrogens is 5. The summed E-state index contributed by atoms with van der Waals surface area (Å²) < 4.78 is 7.32. The van der Waals surface area contributed by atoms with Crippen LogP contribution >= 0.6 is 11.8 Å². The Labute approximate surface area is 178 Å². The summed E-state index contributed by atoms with van der Waals surface area (Å²) in [5.74, 6) is 2.36. The Morgan fingerprint density at radius 3 is 2.63 bits per heavy atom. The van der Waals surface area contributed by atoms with Crippen LogP contribution in [0.3, 0.4) is 0 Å². The van der Waals surface area contributed by atoms with Gasteiger partial charge in [-0.3, -0.25) is 4.79 Å². The summed E-state index contributed by atoms with van der Waals surface area (Å²) in [4.78, 5) is 19.9. The SMILES string of the molecule is CCn1c(Cc2ccc(OC)cc2)nnc1SC(C)c1nc2ccccc2c(=O)[nH]1. The molecule has 30 heavy (non-hydrogen) atoms. The maximum absolute atomic E-state index is 12.4. The van der Waals surface area contributed by atoms with Gasteiger partial charge < -0.3 is 14.3 Å². The summed E-state index contributed by atoms with van der Waals surface area (Å²) in [6.45, 7) is 4.84. The van der Waals surface area contributed by atoms with Crippen molar-refractivity contribution >= 4 is 22.7 Å². The van der Waals surface area contributed by atoms with E-state index in [1.54, 1.807) is 13.2 Å². The number of hydrogen-bond acceptors (Lipinski definition) is 6. The summed E-state index contributed by atoms with van der Waals surface area (Å²) >= 11 is 1.54. The van der Waals surface area contributed by atoms with Crippen molar-refractivity contribution in [1.82, 2.24) is 24.7 Å². The van der Waals surface area contributed by atoms with Crippen molar-refractivity contribution in [2.75, 3.05) is 7.11 Å². The van der Waals surface area contributed by atoms with E-state index in [2.05, 4.69) is 31.7 Å². The Morgan fingerprint density at radius 2 is 1.90 bits per heavy atom. The monoisotopic (exact) mass is 421 g/mol. The second-order valence-corrected chi connectivity index (χ2v) is 8.20. The molecule has 0 saturated heterocycles. The molecule has 0 fully saturated rings. The van der Waals surface area contributed by atoms with Crippen molar-refractivity contribution in [3.05, 3.63) is 76.1 Å². The van der Waals surface area contributed by atoms with Crippen LogP contribution in [0.1, 0.15) is 36.3 Å². The van der Waals surface area contributed by atoms with Gasteiger partial charge in [-0.1, -0.05) is 36.0 Å². The highest BCUT2D eigenvalue weighted by molar-refractivity contribution is 7.99. The zero-order valence-corrected chi connectivity index (χ0v) is 17.9. The van der Waals surface area contributed by atoms with Crippen molar-refractivity contribution in [1.29, 1.82) is 0 Å². The summed E-state index contributed by atoms with van der Waals surface area (Å²) in [5, 5.41) is 10.1. The minimum absolute atomic E-state index is 0.0781. The van der Waals surface area contributed by atoms with Gasteiger partial charge in [0.25, 0.3) is 5.56 Å². The molecule has 2 heterocycles. The van der Waals surface area contributed by atoms with Crippen LogP contribution in [-0.4, -0.2) is 31.8 Å². The molecule has 8 heteroatoms. The first-order chi connectivity index (χ1) is 14.6. The lowest BCUT2D eigenvalue weighted by Gasteiger charge is -2.12. The zero-order valence-electron chi connectivity index (χ0n) is 17.1. The van der Waals surface area contributed by atoms with Gasteiger partial charge in [0.1, 0.15) is 17.4 Å². The van der Waals surface area contributed by atoms with Crippen molar-refractivity contribution in [3.8, 4) is 5.75 Å². The predicted octanol–water partition coefficient (Wildman–Crippen LogP) is 3.99. The Kier molecular flexibility index (Phi) is 5.85. The molecule has 0 aliphatic heterocycles. The third-order valence-electron chi connectivity index (χ3n) is 4.93. The number of methoxy groups -OCH3 is 1. The quantitative estimate of drug-likeness (QED) is 0.454. The lowest BCUT2D eigenvalue weighted by molar-refractivity contribution is 0.414. The topological polar surface area (TPSA) is 85.7 Å². The molecule has 0 bridgehead atoms. The van der Waals surface area contributed by atoms with E-state index in [0.717, 1.165) is 28.8 Å². The Balaban J connectivity index is 1.56. The number of rotatable bonds is 7. The van der Waals surface area contributed by atoms with Gasteiger partial charge in [-0.25, -0.2) is 4.98 Å². The summed E-state index contributed by atoms with van der Waals surface area (Å²) in [6, 6.07) is 15.3. The first-order valence-corrected chi connectivity index (χ1v) is 10.7. The number of fused-ring (bicyclic) bond motifs is 1. The maximum Gasteiger partial charge on any atom is 0.258 e.